The molecule has 4 nitrogen and oxygen atoms in total. The number of rotatable bonds is 3. The Morgan fingerprint density at radius 2 is 2.19 bits per heavy atom. The molecular formula is C20H19F2N3OS. The number of nitrogens with two attached hydrogens (primary N) is 1. The molecule has 0 saturated carbocycles. The van der Waals surface area contributed by atoms with Crippen LogP contribution in [0.5, 0.6) is 0 Å². The van der Waals surface area contributed by atoms with Crippen LogP contribution in [-0.4, -0.2) is 10.9 Å². The highest BCUT2D eigenvalue weighted by atomic mass is 32.1. The smallest absolute Gasteiger partial charge is 0.268 e. The van der Waals surface area contributed by atoms with Gasteiger partial charge in [0.05, 0.1) is 11.4 Å². The Hall–Kier alpha value is -2.54. The fourth-order valence-corrected chi connectivity index (χ4v) is 4.54. The van der Waals surface area contributed by atoms with Gasteiger partial charge in [-0.3, -0.25) is 4.79 Å². The number of nitrogens with one attached hydrogen (secondary N) is 1. The number of halogens is 2. The van der Waals surface area contributed by atoms with Crippen molar-refractivity contribution < 1.29 is 13.6 Å². The van der Waals surface area contributed by atoms with Crippen LogP contribution >= 0.6 is 11.3 Å². The van der Waals surface area contributed by atoms with E-state index in [1.165, 1.54) is 23.0 Å². The van der Waals surface area contributed by atoms with Crippen molar-refractivity contribution in [2.24, 2.45) is 5.92 Å². The Kier molecular flexibility index (Phi) is 4.55. The number of fused-ring (bicyclic) bond motifs is 2. The van der Waals surface area contributed by atoms with Crippen molar-refractivity contribution in [3.8, 4) is 0 Å². The Labute approximate surface area is 159 Å². The van der Waals surface area contributed by atoms with E-state index in [4.69, 9.17) is 10.7 Å². The lowest BCUT2D eigenvalue weighted by Crippen LogP contribution is -2.14. The van der Waals surface area contributed by atoms with Gasteiger partial charge in [0, 0.05) is 17.1 Å². The van der Waals surface area contributed by atoms with Gasteiger partial charge in [0.25, 0.3) is 5.91 Å². The van der Waals surface area contributed by atoms with Gasteiger partial charge in [-0.15, -0.1) is 11.3 Å². The molecular weight excluding hydrogens is 368 g/mol. The van der Waals surface area contributed by atoms with Crippen molar-refractivity contribution in [1.29, 1.82) is 0 Å². The topological polar surface area (TPSA) is 68.0 Å². The summed E-state index contributed by atoms with van der Waals surface area (Å²) < 4.78 is 26.8. The summed E-state index contributed by atoms with van der Waals surface area (Å²) in [6.45, 7) is 2.19. The molecule has 1 aromatic carbocycles. The first-order valence-electron chi connectivity index (χ1n) is 8.93. The minimum absolute atomic E-state index is 0.0868. The molecule has 0 fully saturated rings. The highest BCUT2D eigenvalue weighted by Crippen LogP contribution is 2.37. The van der Waals surface area contributed by atoms with Crippen LogP contribution in [0.1, 0.15) is 40.7 Å². The maximum Gasteiger partial charge on any atom is 0.268 e. The van der Waals surface area contributed by atoms with Crippen LogP contribution in [0.2, 0.25) is 0 Å². The summed E-state index contributed by atoms with van der Waals surface area (Å²) in [4.78, 5) is 18.3. The third-order valence-corrected chi connectivity index (χ3v) is 6.26. The Bertz CT molecular complexity index is 1050. The van der Waals surface area contributed by atoms with Gasteiger partial charge in [-0.05, 0) is 48.9 Å². The van der Waals surface area contributed by atoms with Crippen LogP contribution in [0.4, 0.5) is 20.2 Å². The lowest BCUT2D eigenvalue weighted by atomic mass is 9.85. The number of hydrogen-bond donors (Lipinski definition) is 2. The average Bonchev–Trinajstić information content (AvgIpc) is 2.97. The predicted molar refractivity (Wildman–Crippen MR) is 104 cm³/mol. The zero-order chi connectivity index (χ0) is 19.1. The number of carbonyl (C=O) groups excluding carboxylic acids is 1. The van der Waals surface area contributed by atoms with E-state index in [2.05, 4.69) is 12.2 Å². The monoisotopic (exact) mass is 387 g/mol. The number of thiophene rings is 1. The molecule has 0 spiro atoms. The Balaban J connectivity index is 1.68. The van der Waals surface area contributed by atoms with Gasteiger partial charge in [-0.1, -0.05) is 13.3 Å². The fraction of sp³-hybridized carbons (Fsp3) is 0.300. The molecule has 27 heavy (non-hydrogen) atoms. The first kappa shape index (κ1) is 17.9. The number of anilines is 2. The van der Waals surface area contributed by atoms with Crippen molar-refractivity contribution in [2.45, 2.75) is 32.6 Å². The molecule has 0 aliphatic heterocycles. The van der Waals surface area contributed by atoms with Crippen molar-refractivity contribution in [3.05, 3.63) is 52.0 Å². The zero-order valence-corrected chi connectivity index (χ0v) is 15.6. The largest absolute Gasteiger partial charge is 0.397 e. The number of nitrogen functional groups attached to an aromatic ring is 1. The molecule has 140 valence electrons. The van der Waals surface area contributed by atoms with Gasteiger partial charge in [-0.2, -0.15) is 0 Å². The number of carbonyl (C=O) groups is 1. The van der Waals surface area contributed by atoms with Gasteiger partial charge >= 0.3 is 0 Å². The molecule has 0 bridgehead atoms. The number of hydrogen-bond acceptors (Lipinski definition) is 4. The van der Waals surface area contributed by atoms with Crippen LogP contribution in [-0.2, 0) is 12.8 Å². The summed E-state index contributed by atoms with van der Waals surface area (Å²) in [5, 5.41) is 3.23. The molecule has 1 atom stereocenters. The molecule has 1 amide bonds. The minimum Gasteiger partial charge on any atom is -0.397 e. The number of aromatic nitrogens is 1. The summed E-state index contributed by atoms with van der Waals surface area (Å²) >= 11 is 1.19. The molecule has 2 heterocycles. The molecule has 4 rings (SSSR count). The van der Waals surface area contributed by atoms with Crippen molar-refractivity contribution in [1.82, 2.24) is 4.98 Å². The Morgan fingerprint density at radius 1 is 1.37 bits per heavy atom. The van der Waals surface area contributed by atoms with Gasteiger partial charge in [0.1, 0.15) is 21.3 Å². The molecule has 2 aromatic heterocycles. The SMILES string of the molecule is CC[C@@H]1CCc2nc3sc(C(=O)Nc4ccc(F)cc4F)c(N)c3cc2C1. The molecule has 3 aromatic rings. The molecule has 7 heteroatoms. The van der Waals surface area contributed by atoms with E-state index in [1.807, 2.05) is 6.07 Å². The summed E-state index contributed by atoms with van der Waals surface area (Å²) in [6.07, 6.45) is 4.17. The van der Waals surface area contributed by atoms with E-state index in [1.54, 1.807) is 0 Å². The highest BCUT2D eigenvalue weighted by molar-refractivity contribution is 7.21. The average molecular weight is 387 g/mol. The standard InChI is InChI=1S/C20H19F2N3OS/c1-2-10-3-5-15-11(7-10)8-13-17(23)18(27-20(13)25-15)19(26)24-16-6-4-12(21)9-14(16)22/h4,6,8-10H,2-3,5,7,23H2,1H3,(H,24,26)/t10-/m1/s1. The van der Waals surface area contributed by atoms with E-state index in [9.17, 15) is 13.6 Å². The van der Waals surface area contributed by atoms with E-state index >= 15 is 0 Å². The predicted octanol–water partition coefficient (Wildman–Crippen LogP) is 4.92. The van der Waals surface area contributed by atoms with Gasteiger partial charge in [-0.25, -0.2) is 13.8 Å². The summed E-state index contributed by atoms with van der Waals surface area (Å²) in [5.74, 6) is -1.40. The second kappa shape index (κ2) is 6.88. The maximum absolute atomic E-state index is 13.8. The van der Waals surface area contributed by atoms with Crippen LogP contribution in [0.25, 0.3) is 10.2 Å². The van der Waals surface area contributed by atoms with E-state index in [0.29, 0.717) is 16.4 Å². The number of benzene rings is 1. The number of nitrogens with zero attached hydrogens (tertiary/aromatic N) is 1. The third kappa shape index (κ3) is 3.27. The maximum atomic E-state index is 13.8. The fourth-order valence-electron chi connectivity index (χ4n) is 3.55. The second-order valence-electron chi connectivity index (χ2n) is 6.89. The molecule has 0 unspecified atom stereocenters. The molecule has 0 radical (unpaired) electrons. The third-order valence-electron chi connectivity index (χ3n) is 5.15. The molecule has 0 saturated heterocycles. The number of aryl methyl sites for hydroxylation is 1. The Morgan fingerprint density at radius 3 is 2.93 bits per heavy atom. The molecule has 1 aliphatic rings. The number of pyridine rings is 1. The summed E-state index contributed by atoms with van der Waals surface area (Å²) in [7, 11) is 0. The van der Waals surface area contributed by atoms with Crippen LogP contribution in [0.15, 0.2) is 24.3 Å². The van der Waals surface area contributed by atoms with Crippen LogP contribution < -0.4 is 11.1 Å². The summed E-state index contributed by atoms with van der Waals surface area (Å²) in [5.41, 5.74) is 8.75. The van der Waals surface area contributed by atoms with E-state index in [-0.39, 0.29) is 10.6 Å². The summed E-state index contributed by atoms with van der Waals surface area (Å²) in [6, 6.07) is 5.05. The van der Waals surface area contributed by atoms with Gasteiger partial charge in [0.15, 0.2) is 0 Å². The lowest BCUT2D eigenvalue weighted by molar-refractivity contribution is 0.103. The van der Waals surface area contributed by atoms with Crippen molar-refractivity contribution in [2.75, 3.05) is 11.1 Å². The van der Waals surface area contributed by atoms with Crippen molar-refractivity contribution in [3.63, 3.8) is 0 Å². The normalized spacial score (nSPS) is 16.3. The van der Waals surface area contributed by atoms with Gasteiger partial charge < -0.3 is 11.1 Å². The lowest BCUT2D eigenvalue weighted by Gasteiger charge is -2.22. The van der Waals surface area contributed by atoms with Crippen LogP contribution in [0.3, 0.4) is 0 Å². The second-order valence-corrected chi connectivity index (χ2v) is 7.89. The number of amides is 1. The van der Waals surface area contributed by atoms with Gasteiger partial charge in [0.2, 0.25) is 0 Å². The zero-order valence-electron chi connectivity index (χ0n) is 14.8. The van der Waals surface area contributed by atoms with Crippen molar-refractivity contribution >= 4 is 38.8 Å². The highest BCUT2D eigenvalue weighted by Gasteiger charge is 2.23. The first-order valence-corrected chi connectivity index (χ1v) is 9.75. The van der Waals surface area contributed by atoms with E-state index in [0.717, 1.165) is 48.9 Å². The quantitative estimate of drug-likeness (QED) is 0.670. The first-order chi connectivity index (χ1) is 13.0. The van der Waals surface area contributed by atoms with Crippen LogP contribution in [0, 0.1) is 17.6 Å². The molecule has 1 aliphatic carbocycles. The van der Waals surface area contributed by atoms with E-state index < -0.39 is 17.5 Å². The minimum atomic E-state index is -0.831. The molecule has 3 N–H and O–H groups in total.